The van der Waals surface area contributed by atoms with Crippen LogP contribution < -0.4 is 10.2 Å². The third-order valence-electron chi connectivity index (χ3n) is 4.19. The third kappa shape index (κ3) is 2.28. The highest BCUT2D eigenvalue weighted by Gasteiger charge is 2.25. The van der Waals surface area contributed by atoms with E-state index in [-0.39, 0.29) is 0 Å². The summed E-state index contributed by atoms with van der Waals surface area (Å²) >= 11 is 0. The second-order valence-electron chi connectivity index (χ2n) is 5.20. The van der Waals surface area contributed by atoms with Crippen LogP contribution in [-0.4, -0.2) is 46.1 Å². The smallest absolute Gasteiger partial charge is 0.182 e. The summed E-state index contributed by atoms with van der Waals surface area (Å²) in [7, 11) is 4.17. The Morgan fingerprint density at radius 1 is 1.21 bits per heavy atom. The van der Waals surface area contributed by atoms with Crippen LogP contribution in [0.5, 0.6) is 0 Å². The van der Waals surface area contributed by atoms with E-state index in [2.05, 4.69) is 37.2 Å². The Morgan fingerprint density at radius 2 is 2.00 bits per heavy atom. The van der Waals surface area contributed by atoms with Crippen LogP contribution in [0.15, 0.2) is 12.7 Å². The molecule has 1 fully saturated rings. The van der Waals surface area contributed by atoms with E-state index in [1.165, 1.54) is 25.7 Å². The second kappa shape index (κ2) is 5.13. The first kappa shape index (κ1) is 12.3. The summed E-state index contributed by atoms with van der Waals surface area (Å²) in [5.41, 5.74) is 1.67. The van der Waals surface area contributed by atoms with Crippen molar-refractivity contribution in [2.24, 2.45) is 0 Å². The molecular weight excluding hydrogens is 240 g/mol. The number of aromatic amines is 1. The van der Waals surface area contributed by atoms with Crippen LogP contribution in [0.2, 0.25) is 0 Å². The van der Waals surface area contributed by atoms with Gasteiger partial charge in [0.05, 0.1) is 6.33 Å². The molecule has 1 aliphatic rings. The lowest BCUT2D eigenvalue weighted by Crippen LogP contribution is -2.40. The van der Waals surface area contributed by atoms with E-state index in [9.17, 15) is 0 Å². The van der Waals surface area contributed by atoms with Gasteiger partial charge in [0.25, 0.3) is 0 Å². The van der Waals surface area contributed by atoms with Crippen LogP contribution in [0.1, 0.15) is 25.7 Å². The summed E-state index contributed by atoms with van der Waals surface area (Å²) in [6.45, 7) is 0. The molecule has 3 rings (SSSR count). The number of anilines is 1. The van der Waals surface area contributed by atoms with Crippen LogP contribution in [0.4, 0.5) is 5.82 Å². The molecule has 19 heavy (non-hydrogen) atoms. The first-order valence-corrected chi connectivity index (χ1v) is 6.83. The molecule has 0 amide bonds. The average Bonchev–Trinajstić information content (AvgIpc) is 2.95. The van der Waals surface area contributed by atoms with E-state index in [1.54, 1.807) is 12.7 Å². The molecule has 0 bridgehead atoms. The maximum absolute atomic E-state index is 4.42. The lowest BCUT2D eigenvalue weighted by molar-refractivity contribution is 0.351. The van der Waals surface area contributed by atoms with Crippen LogP contribution in [0.3, 0.4) is 0 Å². The van der Waals surface area contributed by atoms with Crippen molar-refractivity contribution in [2.45, 2.75) is 37.8 Å². The SMILES string of the molecule is CNC1CCC(N(C)c2ncnc3nc[nH]c23)CC1. The van der Waals surface area contributed by atoms with Crippen molar-refractivity contribution in [3.8, 4) is 0 Å². The lowest BCUT2D eigenvalue weighted by Gasteiger charge is -2.35. The lowest BCUT2D eigenvalue weighted by atomic mass is 9.90. The highest BCUT2D eigenvalue weighted by molar-refractivity contribution is 5.82. The molecule has 2 N–H and O–H groups in total. The predicted molar refractivity (Wildman–Crippen MR) is 75.2 cm³/mol. The Labute approximate surface area is 112 Å². The van der Waals surface area contributed by atoms with Gasteiger partial charge in [0, 0.05) is 19.1 Å². The van der Waals surface area contributed by atoms with Gasteiger partial charge in [0.2, 0.25) is 0 Å². The van der Waals surface area contributed by atoms with E-state index < -0.39 is 0 Å². The molecule has 0 saturated heterocycles. The molecule has 0 aromatic carbocycles. The summed E-state index contributed by atoms with van der Waals surface area (Å²) in [6.07, 6.45) is 8.11. The zero-order valence-corrected chi connectivity index (χ0v) is 11.4. The molecule has 0 radical (unpaired) electrons. The summed E-state index contributed by atoms with van der Waals surface area (Å²) in [5.74, 6) is 0.954. The summed E-state index contributed by atoms with van der Waals surface area (Å²) in [5, 5.41) is 3.37. The standard InChI is InChI=1S/C13H20N6/c1-14-9-3-5-10(6-4-9)19(2)13-11-12(16-7-15-11)17-8-18-13/h7-10,14H,3-6H2,1-2H3,(H,15,16,17,18). The molecule has 0 spiro atoms. The van der Waals surface area contributed by atoms with Crippen molar-refractivity contribution in [2.75, 3.05) is 19.0 Å². The van der Waals surface area contributed by atoms with Gasteiger partial charge in [-0.1, -0.05) is 0 Å². The molecule has 0 unspecified atom stereocenters. The number of nitrogens with zero attached hydrogens (tertiary/aromatic N) is 4. The van der Waals surface area contributed by atoms with Crippen molar-refractivity contribution in [3.05, 3.63) is 12.7 Å². The minimum Gasteiger partial charge on any atom is -0.355 e. The van der Waals surface area contributed by atoms with Crippen molar-refractivity contribution in [1.29, 1.82) is 0 Å². The first-order valence-electron chi connectivity index (χ1n) is 6.83. The summed E-state index contributed by atoms with van der Waals surface area (Å²) < 4.78 is 0. The molecule has 6 heteroatoms. The molecule has 2 aromatic rings. The molecule has 6 nitrogen and oxygen atoms in total. The largest absolute Gasteiger partial charge is 0.355 e. The van der Waals surface area contributed by atoms with Gasteiger partial charge >= 0.3 is 0 Å². The molecule has 1 saturated carbocycles. The van der Waals surface area contributed by atoms with Gasteiger partial charge in [0.1, 0.15) is 11.8 Å². The summed E-state index contributed by atoms with van der Waals surface area (Å²) in [4.78, 5) is 18.2. The normalized spacial score (nSPS) is 23.7. The number of aromatic nitrogens is 4. The van der Waals surface area contributed by atoms with Gasteiger partial charge in [-0.3, -0.25) is 0 Å². The van der Waals surface area contributed by atoms with Gasteiger partial charge in [-0.25, -0.2) is 15.0 Å². The number of hydrogen-bond donors (Lipinski definition) is 2. The van der Waals surface area contributed by atoms with Gasteiger partial charge in [0.15, 0.2) is 11.5 Å². The Kier molecular flexibility index (Phi) is 3.33. The molecule has 2 aromatic heterocycles. The Bertz CT molecular complexity index is 543. The van der Waals surface area contributed by atoms with Crippen LogP contribution in [-0.2, 0) is 0 Å². The van der Waals surface area contributed by atoms with Gasteiger partial charge in [-0.05, 0) is 32.7 Å². The third-order valence-corrected chi connectivity index (χ3v) is 4.19. The van der Waals surface area contributed by atoms with E-state index in [1.807, 2.05) is 7.05 Å². The van der Waals surface area contributed by atoms with Crippen LogP contribution in [0.25, 0.3) is 11.2 Å². The number of nitrogens with one attached hydrogen (secondary N) is 2. The fraction of sp³-hybridized carbons (Fsp3) is 0.615. The quantitative estimate of drug-likeness (QED) is 0.871. The zero-order valence-electron chi connectivity index (χ0n) is 11.4. The number of hydrogen-bond acceptors (Lipinski definition) is 5. The fourth-order valence-corrected chi connectivity index (χ4v) is 2.94. The predicted octanol–water partition coefficient (Wildman–Crippen LogP) is 1.32. The van der Waals surface area contributed by atoms with Crippen molar-refractivity contribution >= 4 is 17.0 Å². The first-order chi connectivity index (χ1) is 9.29. The number of imidazole rings is 1. The van der Waals surface area contributed by atoms with Gasteiger partial charge in [-0.15, -0.1) is 0 Å². The second-order valence-corrected chi connectivity index (χ2v) is 5.20. The Balaban J connectivity index is 1.80. The average molecular weight is 260 g/mol. The molecule has 102 valence electrons. The minimum atomic E-state index is 0.547. The van der Waals surface area contributed by atoms with E-state index in [0.29, 0.717) is 12.1 Å². The molecule has 2 heterocycles. The van der Waals surface area contributed by atoms with E-state index >= 15 is 0 Å². The maximum Gasteiger partial charge on any atom is 0.182 e. The van der Waals surface area contributed by atoms with Crippen LogP contribution in [0, 0.1) is 0 Å². The topological polar surface area (TPSA) is 69.7 Å². The molecule has 0 aliphatic heterocycles. The van der Waals surface area contributed by atoms with E-state index in [0.717, 1.165) is 17.0 Å². The zero-order chi connectivity index (χ0) is 13.2. The fourth-order valence-electron chi connectivity index (χ4n) is 2.94. The molecule has 1 aliphatic carbocycles. The van der Waals surface area contributed by atoms with Crippen molar-refractivity contribution < 1.29 is 0 Å². The van der Waals surface area contributed by atoms with Crippen molar-refractivity contribution in [1.82, 2.24) is 25.3 Å². The van der Waals surface area contributed by atoms with Gasteiger partial charge < -0.3 is 15.2 Å². The number of rotatable bonds is 3. The molecular formula is C13H20N6. The monoisotopic (exact) mass is 260 g/mol. The Morgan fingerprint density at radius 3 is 2.74 bits per heavy atom. The number of fused-ring (bicyclic) bond motifs is 1. The summed E-state index contributed by atoms with van der Waals surface area (Å²) in [6, 6.07) is 1.22. The van der Waals surface area contributed by atoms with Crippen molar-refractivity contribution in [3.63, 3.8) is 0 Å². The number of H-pyrrole nitrogens is 1. The van der Waals surface area contributed by atoms with E-state index in [4.69, 9.17) is 0 Å². The highest BCUT2D eigenvalue weighted by Crippen LogP contribution is 2.27. The highest BCUT2D eigenvalue weighted by atomic mass is 15.2. The molecule has 0 atom stereocenters. The minimum absolute atomic E-state index is 0.547. The maximum atomic E-state index is 4.42. The Hall–Kier alpha value is -1.69. The van der Waals surface area contributed by atoms with Gasteiger partial charge in [-0.2, -0.15) is 0 Å². The van der Waals surface area contributed by atoms with Crippen LogP contribution >= 0.6 is 0 Å².